The number of nitriles is 1. The number of hydrogen-bond acceptors (Lipinski definition) is 6. The Balaban J connectivity index is 1.56. The molecule has 1 aromatic carbocycles. The summed E-state index contributed by atoms with van der Waals surface area (Å²) in [6.07, 6.45) is 5.29. The highest BCUT2D eigenvalue weighted by molar-refractivity contribution is 8.00. The van der Waals surface area contributed by atoms with Crippen LogP contribution in [0.3, 0.4) is 0 Å². The third-order valence-corrected chi connectivity index (χ3v) is 6.59. The number of aryl methyl sites for hydroxylation is 2. The highest BCUT2D eigenvalue weighted by Gasteiger charge is 2.40. The van der Waals surface area contributed by atoms with Gasteiger partial charge in [-0.15, -0.1) is 0 Å². The molecule has 1 saturated heterocycles. The number of thioether (sulfide) groups is 1. The summed E-state index contributed by atoms with van der Waals surface area (Å²) in [5.41, 5.74) is 3.18. The van der Waals surface area contributed by atoms with Gasteiger partial charge >= 0.3 is 0 Å². The van der Waals surface area contributed by atoms with Crippen LogP contribution in [0.4, 0.5) is 5.69 Å². The number of aromatic nitrogens is 1. The van der Waals surface area contributed by atoms with E-state index in [2.05, 4.69) is 6.07 Å². The lowest BCUT2D eigenvalue weighted by Crippen LogP contribution is -2.31. The second-order valence-electron chi connectivity index (χ2n) is 7.42. The minimum atomic E-state index is -0.576. The number of carbonyl (C=O) groups excluding carboxylic acids is 2. The Kier molecular flexibility index (Phi) is 6.05. The van der Waals surface area contributed by atoms with Gasteiger partial charge in [0.1, 0.15) is 16.8 Å². The van der Waals surface area contributed by atoms with Gasteiger partial charge in [-0.2, -0.15) is 5.26 Å². The lowest BCUT2D eigenvalue weighted by atomic mass is 10.1. The first-order chi connectivity index (χ1) is 14.6. The van der Waals surface area contributed by atoms with E-state index in [0.29, 0.717) is 28.6 Å². The van der Waals surface area contributed by atoms with Crippen molar-refractivity contribution >= 4 is 29.3 Å². The summed E-state index contributed by atoms with van der Waals surface area (Å²) in [5.74, 6) is 0.184. The summed E-state index contributed by atoms with van der Waals surface area (Å²) >= 11 is 1.23. The number of ether oxygens (including phenoxy) is 1. The molecule has 1 aromatic heterocycles. The Bertz CT molecular complexity index is 1010. The van der Waals surface area contributed by atoms with Gasteiger partial charge in [-0.3, -0.25) is 9.59 Å². The monoisotopic (exact) mass is 421 g/mol. The number of carbonyl (C=O) groups is 2. The molecule has 1 atom stereocenters. The maximum absolute atomic E-state index is 13.0. The Morgan fingerprint density at radius 2 is 1.97 bits per heavy atom. The smallest absolute Gasteiger partial charge is 0.247 e. The maximum atomic E-state index is 13.0. The molecule has 1 fully saturated rings. The fourth-order valence-electron chi connectivity index (χ4n) is 3.92. The molecule has 2 aromatic rings. The summed E-state index contributed by atoms with van der Waals surface area (Å²) < 4.78 is 5.43. The Morgan fingerprint density at radius 1 is 1.20 bits per heavy atom. The first kappa shape index (κ1) is 20.4. The van der Waals surface area contributed by atoms with Crippen molar-refractivity contribution in [2.24, 2.45) is 0 Å². The normalized spacial score (nSPS) is 18.7. The zero-order valence-corrected chi connectivity index (χ0v) is 17.7. The molecule has 2 aliphatic rings. The minimum Gasteiger partial charge on any atom is -0.494 e. The van der Waals surface area contributed by atoms with Gasteiger partial charge < -0.3 is 4.74 Å². The van der Waals surface area contributed by atoms with E-state index in [-0.39, 0.29) is 18.2 Å². The van der Waals surface area contributed by atoms with Crippen LogP contribution in [0.5, 0.6) is 5.75 Å². The van der Waals surface area contributed by atoms with Crippen LogP contribution >= 0.6 is 11.8 Å². The van der Waals surface area contributed by atoms with Gasteiger partial charge in [0.2, 0.25) is 11.8 Å². The van der Waals surface area contributed by atoms with Gasteiger partial charge in [0.15, 0.2) is 0 Å². The SMILES string of the molecule is CCOc1ccc(N2C(=O)C[C@@H](Sc3nc4c(cc3C#N)CCCCC4)C2=O)cc1. The van der Waals surface area contributed by atoms with Gasteiger partial charge in [0, 0.05) is 12.1 Å². The van der Waals surface area contributed by atoms with Crippen LogP contribution < -0.4 is 9.64 Å². The first-order valence-corrected chi connectivity index (χ1v) is 11.2. The molecule has 6 nitrogen and oxygen atoms in total. The minimum absolute atomic E-state index is 0.0976. The summed E-state index contributed by atoms with van der Waals surface area (Å²) in [4.78, 5) is 31.6. The van der Waals surface area contributed by atoms with Gasteiger partial charge in [0.25, 0.3) is 0 Å². The van der Waals surface area contributed by atoms with Crippen molar-refractivity contribution in [3.63, 3.8) is 0 Å². The number of rotatable bonds is 5. The molecule has 0 saturated carbocycles. The van der Waals surface area contributed by atoms with Crippen LogP contribution in [0.25, 0.3) is 0 Å². The summed E-state index contributed by atoms with van der Waals surface area (Å²) in [6, 6.07) is 11.1. The molecule has 7 heteroatoms. The Morgan fingerprint density at radius 3 is 2.70 bits per heavy atom. The zero-order valence-electron chi connectivity index (χ0n) is 16.9. The lowest BCUT2D eigenvalue weighted by Gasteiger charge is -2.16. The lowest BCUT2D eigenvalue weighted by molar-refractivity contribution is -0.121. The Hall–Kier alpha value is -2.85. The number of imide groups is 1. The number of pyridine rings is 1. The van der Waals surface area contributed by atoms with Crippen LogP contribution in [-0.4, -0.2) is 28.7 Å². The van der Waals surface area contributed by atoms with Crippen LogP contribution in [0.1, 0.15) is 49.4 Å². The van der Waals surface area contributed by atoms with E-state index in [9.17, 15) is 14.9 Å². The molecular weight excluding hydrogens is 398 g/mol. The molecule has 4 rings (SSSR count). The molecular formula is C23H23N3O3S. The van der Waals surface area contributed by atoms with Crippen LogP contribution in [0.15, 0.2) is 35.4 Å². The zero-order chi connectivity index (χ0) is 21.1. The fourth-order valence-corrected chi connectivity index (χ4v) is 5.02. The average Bonchev–Trinajstić information content (AvgIpc) is 2.90. The fraction of sp³-hybridized carbons (Fsp3) is 0.391. The summed E-state index contributed by atoms with van der Waals surface area (Å²) in [5, 5.41) is 9.58. The van der Waals surface area contributed by atoms with Crippen LogP contribution in [0.2, 0.25) is 0 Å². The van der Waals surface area contributed by atoms with Crippen molar-refractivity contribution in [1.82, 2.24) is 4.98 Å². The van der Waals surface area contributed by atoms with Crippen LogP contribution in [0, 0.1) is 11.3 Å². The number of hydrogen-bond donors (Lipinski definition) is 0. The van der Waals surface area contributed by atoms with Gasteiger partial charge in [-0.1, -0.05) is 18.2 Å². The van der Waals surface area contributed by atoms with E-state index < -0.39 is 5.25 Å². The van der Waals surface area contributed by atoms with Crippen LogP contribution in [-0.2, 0) is 22.4 Å². The van der Waals surface area contributed by atoms with Crippen molar-refractivity contribution < 1.29 is 14.3 Å². The van der Waals surface area contributed by atoms with E-state index in [1.165, 1.54) is 16.7 Å². The molecule has 0 unspecified atom stereocenters. The van der Waals surface area contributed by atoms with Crippen molar-refractivity contribution in [1.29, 1.82) is 5.26 Å². The van der Waals surface area contributed by atoms with E-state index in [1.807, 2.05) is 13.0 Å². The topological polar surface area (TPSA) is 83.3 Å². The molecule has 0 spiro atoms. The molecule has 154 valence electrons. The van der Waals surface area contributed by atoms with E-state index in [4.69, 9.17) is 9.72 Å². The molecule has 2 heterocycles. The largest absolute Gasteiger partial charge is 0.494 e. The molecule has 0 N–H and O–H groups in total. The van der Waals surface area contributed by atoms with Crippen molar-refractivity contribution in [2.75, 3.05) is 11.5 Å². The molecule has 0 radical (unpaired) electrons. The average molecular weight is 422 g/mol. The maximum Gasteiger partial charge on any atom is 0.247 e. The Labute approximate surface area is 180 Å². The molecule has 1 aliphatic heterocycles. The van der Waals surface area contributed by atoms with E-state index in [1.54, 1.807) is 24.3 Å². The van der Waals surface area contributed by atoms with Gasteiger partial charge in [0.05, 0.1) is 23.1 Å². The second kappa shape index (κ2) is 8.88. The number of nitrogens with zero attached hydrogens (tertiary/aromatic N) is 3. The standard InChI is InChI=1S/C23H23N3O3S/c1-2-29-18-10-8-17(9-11-18)26-21(27)13-20(23(26)28)30-22-16(14-24)12-15-6-4-3-5-7-19(15)25-22/h8-12,20H,2-7,13H2,1H3/t20-/m1/s1. The molecule has 1 aliphatic carbocycles. The molecule has 30 heavy (non-hydrogen) atoms. The summed E-state index contributed by atoms with van der Waals surface area (Å²) in [6.45, 7) is 2.45. The third kappa shape index (κ3) is 4.05. The predicted molar refractivity (Wildman–Crippen MR) is 115 cm³/mol. The van der Waals surface area contributed by atoms with E-state index >= 15 is 0 Å². The number of amides is 2. The first-order valence-electron chi connectivity index (χ1n) is 10.3. The predicted octanol–water partition coefficient (Wildman–Crippen LogP) is 4.05. The number of benzene rings is 1. The molecule has 2 amide bonds. The number of anilines is 1. The highest BCUT2D eigenvalue weighted by atomic mass is 32.2. The van der Waals surface area contributed by atoms with Crippen molar-refractivity contribution in [3.05, 3.63) is 47.2 Å². The quantitative estimate of drug-likeness (QED) is 0.535. The highest BCUT2D eigenvalue weighted by Crippen LogP contribution is 2.36. The number of fused-ring (bicyclic) bond motifs is 1. The van der Waals surface area contributed by atoms with Gasteiger partial charge in [-0.25, -0.2) is 9.88 Å². The third-order valence-electron chi connectivity index (χ3n) is 5.40. The second-order valence-corrected chi connectivity index (χ2v) is 8.62. The van der Waals surface area contributed by atoms with E-state index in [0.717, 1.165) is 43.4 Å². The molecule has 0 bridgehead atoms. The van der Waals surface area contributed by atoms with Gasteiger partial charge in [-0.05, 0) is 68.5 Å². The van der Waals surface area contributed by atoms with Crippen molar-refractivity contribution in [2.45, 2.75) is 55.7 Å². The van der Waals surface area contributed by atoms with Crippen molar-refractivity contribution in [3.8, 4) is 11.8 Å². The summed E-state index contributed by atoms with van der Waals surface area (Å²) in [7, 11) is 0.